The van der Waals surface area contributed by atoms with Gasteiger partial charge in [0.2, 0.25) is 11.7 Å². The summed E-state index contributed by atoms with van der Waals surface area (Å²) in [5.41, 5.74) is 11.4. The van der Waals surface area contributed by atoms with Crippen molar-refractivity contribution in [3.63, 3.8) is 0 Å². The van der Waals surface area contributed by atoms with Gasteiger partial charge in [-0.15, -0.1) is 0 Å². The zero-order chi connectivity index (χ0) is 25.5. The Morgan fingerprint density at radius 1 is 1.00 bits per heavy atom. The lowest BCUT2D eigenvalue weighted by Crippen LogP contribution is -2.66. The molecule has 1 atom stereocenters. The number of nitrogens with zero attached hydrogens (tertiary/aromatic N) is 1. The number of benzene rings is 2. The predicted molar refractivity (Wildman–Crippen MR) is 127 cm³/mol. The summed E-state index contributed by atoms with van der Waals surface area (Å²) in [6.45, 7) is 0. The van der Waals surface area contributed by atoms with Crippen LogP contribution in [-0.2, 0) is 9.59 Å². The molecule has 0 aliphatic heterocycles. The Hall–Kier alpha value is -4.25. The molecular formula is C24H29N4O7+. The second-order valence-electron chi connectivity index (χ2n) is 7.59. The van der Waals surface area contributed by atoms with Gasteiger partial charge in [-0.2, -0.15) is 0 Å². The van der Waals surface area contributed by atoms with E-state index in [4.69, 9.17) is 29.2 Å². The molecule has 186 valence electrons. The van der Waals surface area contributed by atoms with Gasteiger partial charge in [0.25, 0.3) is 5.91 Å². The number of anilines is 1. The number of methoxy groups -OCH3 is 4. The second-order valence-corrected chi connectivity index (χ2v) is 7.59. The molecule has 0 radical (unpaired) electrons. The molecule has 0 saturated heterocycles. The van der Waals surface area contributed by atoms with Crippen LogP contribution in [0.1, 0.15) is 12.8 Å². The molecule has 0 spiro atoms. The minimum Gasteiger partial charge on any atom is -0.495 e. The quantitative estimate of drug-likeness (QED) is 0.370. The van der Waals surface area contributed by atoms with Gasteiger partial charge < -0.3 is 40.3 Å². The SMILES string of the molecule is COc1ccc(-c2cnoc2-c2cc(OC)c(OC)c(OC)c2)cc1NC(=O)C([NH3+])CCC(N)=O. The molecule has 11 nitrogen and oxygen atoms in total. The highest BCUT2D eigenvalue weighted by atomic mass is 16.5. The molecule has 0 saturated carbocycles. The summed E-state index contributed by atoms with van der Waals surface area (Å²) in [5, 5.41) is 6.78. The van der Waals surface area contributed by atoms with Gasteiger partial charge in [0.15, 0.2) is 23.3 Å². The molecule has 0 fully saturated rings. The fourth-order valence-electron chi connectivity index (χ4n) is 3.52. The Bertz CT molecular complexity index is 1180. The third-order valence-corrected chi connectivity index (χ3v) is 5.38. The van der Waals surface area contributed by atoms with E-state index in [0.29, 0.717) is 51.1 Å². The third-order valence-electron chi connectivity index (χ3n) is 5.38. The van der Waals surface area contributed by atoms with E-state index < -0.39 is 11.9 Å². The zero-order valence-electron chi connectivity index (χ0n) is 20.0. The lowest BCUT2D eigenvalue weighted by atomic mass is 10.0. The first-order chi connectivity index (χ1) is 16.8. The van der Waals surface area contributed by atoms with Crippen molar-refractivity contribution in [3.8, 4) is 45.4 Å². The summed E-state index contributed by atoms with van der Waals surface area (Å²) in [5.74, 6) is 1.44. The van der Waals surface area contributed by atoms with Crippen LogP contribution in [0.2, 0.25) is 0 Å². The van der Waals surface area contributed by atoms with Crippen molar-refractivity contribution < 1.29 is 38.8 Å². The molecule has 0 aliphatic carbocycles. The summed E-state index contributed by atoms with van der Waals surface area (Å²) in [7, 11) is 6.08. The molecule has 1 heterocycles. The predicted octanol–water partition coefficient (Wildman–Crippen LogP) is 1.86. The maximum Gasteiger partial charge on any atom is 0.282 e. The number of primary amides is 1. The molecular weight excluding hydrogens is 456 g/mol. The van der Waals surface area contributed by atoms with E-state index in [0.717, 1.165) is 0 Å². The smallest absolute Gasteiger partial charge is 0.282 e. The van der Waals surface area contributed by atoms with Gasteiger partial charge >= 0.3 is 0 Å². The number of aromatic nitrogens is 1. The second kappa shape index (κ2) is 11.3. The Morgan fingerprint density at radius 2 is 1.66 bits per heavy atom. The van der Waals surface area contributed by atoms with E-state index in [-0.39, 0.29) is 18.7 Å². The van der Waals surface area contributed by atoms with Gasteiger partial charge in [-0.25, -0.2) is 0 Å². The number of carbonyl (C=O) groups excluding carboxylic acids is 2. The number of quaternary nitrogens is 1. The highest BCUT2D eigenvalue weighted by Gasteiger charge is 2.22. The number of hydrogen-bond donors (Lipinski definition) is 3. The van der Waals surface area contributed by atoms with Crippen LogP contribution in [0, 0.1) is 0 Å². The number of amides is 2. The van der Waals surface area contributed by atoms with Gasteiger partial charge in [0.05, 0.1) is 40.3 Å². The lowest BCUT2D eigenvalue weighted by molar-refractivity contribution is -0.403. The first kappa shape index (κ1) is 25.4. The average Bonchev–Trinajstić information content (AvgIpc) is 3.36. The fourth-order valence-corrected chi connectivity index (χ4v) is 3.52. The highest BCUT2D eigenvalue weighted by Crippen LogP contribution is 2.44. The Morgan fingerprint density at radius 3 is 2.23 bits per heavy atom. The van der Waals surface area contributed by atoms with Gasteiger partial charge in [-0.1, -0.05) is 11.2 Å². The maximum atomic E-state index is 12.6. The van der Waals surface area contributed by atoms with Gasteiger partial charge in [-0.05, 0) is 29.8 Å². The first-order valence-corrected chi connectivity index (χ1v) is 10.7. The van der Waals surface area contributed by atoms with Crippen LogP contribution in [0.3, 0.4) is 0 Å². The molecule has 3 aromatic rings. The molecule has 3 rings (SSSR count). The van der Waals surface area contributed by atoms with Crippen molar-refractivity contribution in [2.75, 3.05) is 33.8 Å². The van der Waals surface area contributed by atoms with E-state index in [1.54, 1.807) is 30.5 Å². The van der Waals surface area contributed by atoms with E-state index in [1.807, 2.05) is 6.07 Å². The van der Waals surface area contributed by atoms with Gasteiger partial charge in [0, 0.05) is 24.0 Å². The van der Waals surface area contributed by atoms with E-state index in [1.165, 1.54) is 28.4 Å². The Kier molecular flexibility index (Phi) is 8.16. The van der Waals surface area contributed by atoms with Crippen molar-refractivity contribution in [2.45, 2.75) is 18.9 Å². The average molecular weight is 486 g/mol. The Balaban J connectivity index is 1.98. The molecule has 35 heavy (non-hydrogen) atoms. The van der Waals surface area contributed by atoms with Crippen LogP contribution in [-0.4, -0.2) is 51.5 Å². The van der Waals surface area contributed by atoms with E-state index in [9.17, 15) is 9.59 Å². The number of nitrogens with two attached hydrogens (primary N) is 1. The fraction of sp³-hybridized carbons (Fsp3) is 0.292. The molecule has 1 unspecified atom stereocenters. The molecule has 2 amide bonds. The summed E-state index contributed by atoms with van der Waals surface area (Å²) < 4.78 is 27.3. The molecule has 11 heteroatoms. The van der Waals surface area contributed by atoms with Crippen LogP contribution in [0.15, 0.2) is 41.1 Å². The third kappa shape index (κ3) is 5.64. The summed E-state index contributed by atoms with van der Waals surface area (Å²) in [4.78, 5) is 23.7. The first-order valence-electron chi connectivity index (χ1n) is 10.7. The molecule has 1 aromatic heterocycles. The minimum absolute atomic E-state index is 0.0671. The lowest BCUT2D eigenvalue weighted by Gasteiger charge is -2.15. The number of nitrogens with one attached hydrogen (secondary N) is 1. The van der Waals surface area contributed by atoms with E-state index >= 15 is 0 Å². The monoisotopic (exact) mass is 485 g/mol. The highest BCUT2D eigenvalue weighted by molar-refractivity contribution is 5.96. The van der Waals surface area contributed by atoms with Crippen LogP contribution in [0.5, 0.6) is 23.0 Å². The standard InChI is InChI=1S/C24H28N4O7/c1-31-18-7-5-13(9-17(18)28-24(30)16(25)6-8-21(26)29)15-12-27-35-22(15)14-10-19(32-2)23(34-4)20(11-14)33-3/h5,7,9-12,16H,6,8,25H2,1-4H3,(H2,26,29)(H,28,30)/p+1. The van der Waals surface area contributed by atoms with E-state index in [2.05, 4.69) is 16.2 Å². The number of rotatable bonds is 11. The zero-order valence-corrected chi connectivity index (χ0v) is 20.0. The van der Waals surface area contributed by atoms with Crippen LogP contribution >= 0.6 is 0 Å². The number of hydrogen-bond acceptors (Lipinski definition) is 8. The Labute approximate surface area is 202 Å². The normalized spacial score (nSPS) is 11.5. The number of carbonyl (C=O) groups is 2. The summed E-state index contributed by atoms with van der Waals surface area (Å²) in [6.07, 6.45) is 1.88. The molecule has 0 aliphatic rings. The topological polar surface area (TPSA) is 163 Å². The van der Waals surface area contributed by atoms with Gasteiger partial charge in [-0.3, -0.25) is 9.59 Å². The van der Waals surface area contributed by atoms with Crippen LogP contribution < -0.4 is 35.7 Å². The molecule has 6 N–H and O–H groups in total. The summed E-state index contributed by atoms with van der Waals surface area (Å²) >= 11 is 0. The van der Waals surface area contributed by atoms with Gasteiger partial charge in [0.1, 0.15) is 5.75 Å². The van der Waals surface area contributed by atoms with Crippen molar-refractivity contribution >= 4 is 17.5 Å². The van der Waals surface area contributed by atoms with Crippen LogP contribution in [0.25, 0.3) is 22.5 Å². The van der Waals surface area contributed by atoms with Crippen molar-refractivity contribution in [2.24, 2.45) is 5.73 Å². The maximum absolute atomic E-state index is 12.6. The summed E-state index contributed by atoms with van der Waals surface area (Å²) in [6, 6.07) is 8.12. The minimum atomic E-state index is -0.666. The van der Waals surface area contributed by atoms with Crippen molar-refractivity contribution in [3.05, 3.63) is 36.5 Å². The molecule has 2 aromatic carbocycles. The van der Waals surface area contributed by atoms with Crippen molar-refractivity contribution in [1.29, 1.82) is 0 Å². The molecule has 0 bridgehead atoms. The van der Waals surface area contributed by atoms with Crippen molar-refractivity contribution in [1.82, 2.24) is 5.16 Å². The largest absolute Gasteiger partial charge is 0.495 e. The number of ether oxygens (including phenoxy) is 4. The van der Waals surface area contributed by atoms with Crippen LogP contribution in [0.4, 0.5) is 5.69 Å².